The molecule has 1 N–H and O–H groups in total. The number of amides is 1. The maximum Gasteiger partial charge on any atom is 0.314 e. The van der Waals surface area contributed by atoms with Gasteiger partial charge in [-0.15, -0.1) is 0 Å². The summed E-state index contributed by atoms with van der Waals surface area (Å²) in [6, 6.07) is 2.11. The van der Waals surface area contributed by atoms with Crippen LogP contribution in [0.3, 0.4) is 0 Å². The monoisotopic (exact) mass is 509 g/mol. The van der Waals surface area contributed by atoms with Gasteiger partial charge in [0.1, 0.15) is 0 Å². The molecule has 0 rings (SSSR count). The molecule has 0 fully saturated rings. The Morgan fingerprint density at radius 2 is 1.17 bits per heavy atom. The van der Waals surface area contributed by atoms with E-state index in [1.807, 2.05) is 0 Å². The van der Waals surface area contributed by atoms with Gasteiger partial charge in [0, 0.05) is 6.54 Å². The minimum atomic E-state index is -2.40. The minimum absolute atomic E-state index is 0.127. The molecule has 0 spiro atoms. The third kappa shape index (κ3) is 14.2. The highest BCUT2D eigenvalue weighted by atomic mass is 28.5. The van der Waals surface area contributed by atoms with E-state index < -0.39 is 42.3 Å². The van der Waals surface area contributed by atoms with Gasteiger partial charge < -0.3 is 21.8 Å². The molecule has 0 bridgehead atoms. The molecule has 0 radical (unpaired) electrons. The highest BCUT2D eigenvalue weighted by molar-refractivity contribution is 6.90. The number of hydrogen-bond acceptors (Lipinski definition) is 5. The van der Waals surface area contributed by atoms with E-state index in [9.17, 15) is 4.79 Å². The van der Waals surface area contributed by atoms with Gasteiger partial charge in [-0.1, -0.05) is 19.9 Å². The lowest BCUT2D eigenvalue weighted by atomic mass is 10.4. The fraction of sp³-hybridized carbons (Fsp3) is 0.842. The highest BCUT2D eigenvalue weighted by Gasteiger charge is 2.45. The van der Waals surface area contributed by atoms with Crippen LogP contribution >= 0.6 is 0 Å². The molecule has 6 nitrogen and oxygen atoms in total. The van der Waals surface area contributed by atoms with E-state index in [0.29, 0.717) is 6.54 Å². The molecule has 0 unspecified atom stereocenters. The predicted molar refractivity (Wildman–Crippen MR) is 139 cm³/mol. The Hall–Kier alpha value is 0.134. The number of carbonyl (C=O) groups excluding carboxylic acids is 1. The smallest absolute Gasteiger partial charge is 0.314 e. The first-order chi connectivity index (χ1) is 13.3. The van der Waals surface area contributed by atoms with Crippen molar-refractivity contribution in [3.8, 4) is 0 Å². The summed E-state index contributed by atoms with van der Waals surface area (Å²) in [5.74, 6) is -0.127. The summed E-state index contributed by atoms with van der Waals surface area (Å²) >= 11 is 0. The van der Waals surface area contributed by atoms with E-state index in [4.69, 9.17) is 16.5 Å². The zero-order valence-electron chi connectivity index (χ0n) is 21.4. The van der Waals surface area contributed by atoms with Gasteiger partial charge in [0.25, 0.3) is 0 Å². The second-order valence-corrected chi connectivity index (χ2v) is 30.2. The summed E-state index contributed by atoms with van der Waals surface area (Å²) in [6.07, 6.45) is 3.34. The molecule has 0 heterocycles. The van der Waals surface area contributed by atoms with Gasteiger partial charge in [0.05, 0.1) is 0 Å². The van der Waals surface area contributed by atoms with E-state index in [1.54, 1.807) is 0 Å². The normalized spacial score (nSPS) is 14.0. The molecule has 1 amide bonds. The third-order valence-corrected chi connectivity index (χ3v) is 23.8. The Kier molecular flexibility index (Phi) is 11.9. The van der Waals surface area contributed by atoms with Crippen molar-refractivity contribution in [3.05, 3.63) is 12.7 Å². The fourth-order valence-electron chi connectivity index (χ4n) is 4.08. The van der Waals surface area contributed by atoms with E-state index in [-0.39, 0.29) is 5.91 Å². The maximum atomic E-state index is 11.3. The van der Waals surface area contributed by atoms with E-state index >= 15 is 0 Å². The molecule has 0 atom stereocenters. The zero-order chi connectivity index (χ0) is 23.9. The summed E-state index contributed by atoms with van der Waals surface area (Å²) in [4.78, 5) is 11.3. The third-order valence-electron chi connectivity index (χ3n) is 4.32. The Bertz CT molecular complexity index is 568. The van der Waals surface area contributed by atoms with Crippen molar-refractivity contribution in [2.24, 2.45) is 0 Å². The lowest BCUT2D eigenvalue weighted by Crippen LogP contribution is -2.58. The van der Waals surface area contributed by atoms with Crippen LogP contribution in [-0.2, 0) is 21.3 Å². The molecule has 11 heteroatoms. The summed E-state index contributed by atoms with van der Waals surface area (Å²) in [5, 5.41) is 2.83. The van der Waals surface area contributed by atoms with Crippen LogP contribution in [0.2, 0.25) is 77.6 Å². The molecule has 0 aliphatic carbocycles. The molecule has 0 aliphatic heterocycles. The molecule has 0 aromatic carbocycles. The molecular formula is C19H47NO5Si5. The Labute approximate surface area is 191 Å². The van der Waals surface area contributed by atoms with Crippen molar-refractivity contribution >= 4 is 48.2 Å². The van der Waals surface area contributed by atoms with Crippen LogP contribution in [0, 0.1) is 0 Å². The number of rotatable bonds is 15. The second-order valence-electron chi connectivity index (χ2n) is 10.5. The second kappa shape index (κ2) is 11.8. The molecule has 178 valence electrons. The average molecular weight is 510 g/mol. The summed E-state index contributed by atoms with van der Waals surface area (Å²) in [6.45, 7) is 28.0. The van der Waals surface area contributed by atoms with Crippen LogP contribution in [-0.4, -0.2) is 54.8 Å². The van der Waals surface area contributed by atoms with E-state index in [1.165, 1.54) is 6.08 Å². The first-order valence-corrected chi connectivity index (χ1v) is 25.7. The van der Waals surface area contributed by atoms with Crippen LogP contribution in [0.4, 0.5) is 0 Å². The fourth-order valence-corrected chi connectivity index (χ4v) is 28.9. The summed E-state index contributed by atoms with van der Waals surface area (Å²) < 4.78 is 26.3. The molecule has 0 saturated heterocycles. The predicted octanol–water partition coefficient (Wildman–Crippen LogP) is 5.67. The van der Waals surface area contributed by atoms with Crippen molar-refractivity contribution in [1.29, 1.82) is 0 Å². The zero-order valence-corrected chi connectivity index (χ0v) is 26.4. The van der Waals surface area contributed by atoms with E-state index in [2.05, 4.69) is 84.3 Å². The van der Waals surface area contributed by atoms with Crippen LogP contribution in [0.1, 0.15) is 19.8 Å². The number of nitrogens with one attached hydrogen (secondary N) is 1. The van der Waals surface area contributed by atoms with Gasteiger partial charge in [-0.25, -0.2) is 0 Å². The van der Waals surface area contributed by atoms with Gasteiger partial charge in [-0.05, 0) is 90.1 Å². The molecule has 0 aliphatic rings. The molecule has 0 aromatic rings. The van der Waals surface area contributed by atoms with Gasteiger partial charge in [-0.2, -0.15) is 0 Å². The van der Waals surface area contributed by atoms with E-state index in [0.717, 1.165) is 24.9 Å². The molecule has 0 saturated carbocycles. The highest BCUT2D eigenvalue weighted by Crippen LogP contribution is 2.28. The van der Waals surface area contributed by atoms with Crippen molar-refractivity contribution in [1.82, 2.24) is 5.32 Å². The number of hydrogen-bond donors (Lipinski definition) is 1. The standard InChI is InChI=1S/C19H47NO5Si5/c1-13-17-26(3,4)22-28(7,8)24-30(11,12)25-29(9,10)23-27(5,6)18-15-16-20-19(21)14-2/h14H,2,13,15-18H2,1,3-12H3,(H,20,21). The molecular weight excluding hydrogens is 463 g/mol. The van der Waals surface area contributed by atoms with Gasteiger partial charge >= 0.3 is 25.7 Å². The lowest BCUT2D eigenvalue weighted by molar-refractivity contribution is -0.116. The van der Waals surface area contributed by atoms with Gasteiger partial charge in [0.2, 0.25) is 5.91 Å². The van der Waals surface area contributed by atoms with Crippen LogP contribution in [0.5, 0.6) is 0 Å². The van der Waals surface area contributed by atoms with Gasteiger partial charge in [0.15, 0.2) is 16.6 Å². The SMILES string of the molecule is C=CC(=O)NCCC[Si](C)(C)O[Si](C)(C)O[Si](C)(C)O[Si](C)(C)O[Si](C)(C)CCC. The first-order valence-electron chi connectivity index (χ1n) is 11.1. The Morgan fingerprint density at radius 1 is 0.767 bits per heavy atom. The van der Waals surface area contributed by atoms with Gasteiger partial charge in [-0.3, -0.25) is 4.79 Å². The summed E-state index contributed by atoms with van der Waals surface area (Å²) in [5.41, 5.74) is 0. The number of carbonyl (C=O) groups is 1. The Morgan fingerprint density at radius 3 is 1.57 bits per heavy atom. The van der Waals surface area contributed by atoms with Crippen LogP contribution < -0.4 is 5.32 Å². The van der Waals surface area contributed by atoms with Crippen LogP contribution in [0.15, 0.2) is 12.7 Å². The van der Waals surface area contributed by atoms with Crippen molar-refractivity contribution < 1.29 is 21.3 Å². The van der Waals surface area contributed by atoms with Crippen LogP contribution in [0.25, 0.3) is 0 Å². The maximum absolute atomic E-state index is 11.3. The first kappa shape index (κ1) is 30.1. The van der Waals surface area contributed by atoms with Crippen molar-refractivity contribution in [2.75, 3.05) is 6.54 Å². The summed E-state index contributed by atoms with van der Waals surface area (Å²) in [7, 11) is -10.7. The molecule has 30 heavy (non-hydrogen) atoms. The Balaban J connectivity index is 4.85. The largest absolute Gasteiger partial charge is 0.436 e. The topological polar surface area (TPSA) is 66.0 Å². The van der Waals surface area contributed by atoms with Crippen molar-refractivity contribution in [2.45, 2.75) is 97.3 Å². The van der Waals surface area contributed by atoms with Crippen molar-refractivity contribution in [3.63, 3.8) is 0 Å². The quantitative estimate of drug-likeness (QED) is 0.175. The lowest BCUT2D eigenvalue weighted by Gasteiger charge is -2.42. The average Bonchev–Trinajstić information content (AvgIpc) is 2.45. The molecule has 0 aromatic heterocycles. The minimum Gasteiger partial charge on any atom is -0.436 e.